The Bertz CT molecular complexity index is 1040. The predicted molar refractivity (Wildman–Crippen MR) is 115 cm³/mol. The first-order chi connectivity index (χ1) is 13.5. The van der Waals surface area contributed by atoms with Crippen molar-refractivity contribution in [2.75, 3.05) is 11.1 Å². The summed E-state index contributed by atoms with van der Waals surface area (Å²) in [5, 5.41) is 13.1. The Morgan fingerprint density at radius 2 is 2.00 bits per heavy atom. The van der Waals surface area contributed by atoms with Gasteiger partial charge in [0.15, 0.2) is 0 Å². The largest absolute Gasteiger partial charge is 0.480 e. The fourth-order valence-electron chi connectivity index (χ4n) is 3.38. The van der Waals surface area contributed by atoms with Crippen molar-refractivity contribution >= 4 is 28.5 Å². The Labute approximate surface area is 169 Å². The molecule has 8 nitrogen and oxygen atoms in total. The van der Waals surface area contributed by atoms with Gasteiger partial charge < -0.3 is 26.9 Å². The zero-order chi connectivity index (χ0) is 19.8. The minimum Gasteiger partial charge on any atom is -0.480 e. The number of aliphatic carboxylic acids is 1. The van der Waals surface area contributed by atoms with Crippen LogP contribution in [0.25, 0.3) is 22.2 Å². The normalized spacial score (nSPS) is 16.4. The zero-order valence-corrected chi connectivity index (χ0v) is 16.9. The van der Waals surface area contributed by atoms with E-state index in [2.05, 4.69) is 33.7 Å². The molecule has 0 radical (unpaired) electrons. The van der Waals surface area contributed by atoms with Crippen LogP contribution in [-0.4, -0.2) is 31.7 Å². The van der Waals surface area contributed by atoms with Crippen LogP contribution >= 0.6 is 0 Å². The number of aromatic nitrogens is 3. The topological polar surface area (TPSA) is 141 Å². The Kier molecular flexibility index (Phi) is 5.74. The van der Waals surface area contributed by atoms with Gasteiger partial charge in [-0.1, -0.05) is 31.4 Å². The quantitative estimate of drug-likeness (QED) is 0.524. The molecule has 1 aliphatic carbocycles. The summed E-state index contributed by atoms with van der Waals surface area (Å²) in [6.45, 7) is 4.17. The maximum absolute atomic E-state index is 11.2. The highest BCUT2D eigenvalue weighted by molar-refractivity contribution is 6.01. The van der Waals surface area contributed by atoms with E-state index in [0.717, 1.165) is 33.4 Å². The fourth-order valence-corrected chi connectivity index (χ4v) is 3.38. The Hall–Kier alpha value is -3.13. The van der Waals surface area contributed by atoms with Gasteiger partial charge in [0.1, 0.15) is 23.8 Å². The second-order valence-electron chi connectivity index (χ2n) is 7.67. The Morgan fingerprint density at radius 3 is 2.62 bits per heavy atom. The summed E-state index contributed by atoms with van der Waals surface area (Å²) in [5.41, 5.74) is 10.7. The van der Waals surface area contributed by atoms with E-state index in [0.29, 0.717) is 12.2 Å². The van der Waals surface area contributed by atoms with Crippen LogP contribution in [0, 0.1) is 0 Å². The van der Waals surface area contributed by atoms with E-state index < -0.39 is 12.0 Å². The van der Waals surface area contributed by atoms with Crippen LogP contribution in [0.5, 0.6) is 0 Å². The summed E-state index contributed by atoms with van der Waals surface area (Å²) < 4.78 is 2.07. The van der Waals surface area contributed by atoms with Crippen molar-refractivity contribution in [1.29, 1.82) is 0 Å². The molecule has 1 aromatic carbocycles. The number of anilines is 2. The Balaban J connectivity index is 0.000000551. The minimum absolute atomic E-state index is 0. The molecule has 1 fully saturated rings. The number of rotatable bonds is 3. The molecule has 1 unspecified atom stereocenters. The first-order valence-corrected chi connectivity index (χ1v) is 9.69. The van der Waals surface area contributed by atoms with E-state index >= 15 is 0 Å². The van der Waals surface area contributed by atoms with E-state index in [1.54, 1.807) is 0 Å². The van der Waals surface area contributed by atoms with Crippen molar-refractivity contribution in [3.8, 4) is 11.1 Å². The van der Waals surface area contributed by atoms with Gasteiger partial charge in [-0.3, -0.25) is 0 Å². The number of nitrogens with zero attached hydrogens (tertiary/aromatic N) is 3. The lowest BCUT2D eigenvalue weighted by Gasteiger charge is -2.07. The second-order valence-corrected chi connectivity index (χ2v) is 7.67. The molecule has 2 aromatic heterocycles. The lowest BCUT2D eigenvalue weighted by molar-refractivity contribution is -0.137. The van der Waals surface area contributed by atoms with Crippen molar-refractivity contribution in [3.63, 3.8) is 0 Å². The average Bonchev–Trinajstić information content (AvgIpc) is 3.39. The SMILES string of the molecule is C1CC1.CC(C)n1cc(-c2ccc3c(c2)NC(C(=O)O)C3)c2c(N)ncnc21.N. The van der Waals surface area contributed by atoms with Crippen LogP contribution in [-0.2, 0) is 11.2 Å². The van der Waals surface area contributed by atoms with E-state index in [1.807, 2.05) is 24.4 Å². The molecule has 0 amide bonds. The molecule has 1 saturated carbocycles. The molecule has 1 aliphatic heterocycles. The zero-order valence-electron chi connectivity index (χ0n) is 16.9. The van der Waals surface area contributed by atoms with Gasteiger partial charge >= 0.3 is 5.97 Å². The summed E-state index contributed by atoms with van der Waals surface area (Å²) in [6, 6.07) is 5.60. The number of nitrogens with two attached hydrogens (primary N) is 1. The summed E-state index contributed by atoms with van der Waals surface area (Å²) in [6.07, 6.45) is 8.50. The molecule has 0 spiro atoms. The number of benzene rings is 1. The standard InChI is InChI=1S/C18H19N5O2.C3H6.H3N/c1-9(2)23-7-12(15-16(19)20-8-21-17(15)23)10-3-4-11-6-14(18(24)25)22-13(11)5-10;1-2-3-1;/h3-5,7-9,14,22H,6H2,1-2H3,(H,24,25)(H2,19,20,21);1-3H2;1H3. The molecule has 5 rings (SSSR count). The van der Waals surface area contributed by atoms with Gasteiger partial charge in [-0.05, 0) is 31.0 Å². The summed E-state index contributed by atoms with van der Waals surface area (Å²) >= 11 is 0. The number of hydrogen-bond acceptors (Lipinski definition) is 6. The predicted octanol–water partition coefficient (Wildman–Crippen LogP) is 4.01. The van der Waals surface area contributed by atoms with Crippen LogP contribution in [0.15, 0.2) is 30.7 Å². The van der Waals surface area contributed by atoms with E-state index in [-0.39, 0.29) is 12.2 Å². The molecule has 1 atom stereocenters. The molecule has 154 valence electrons. The monoisotopic (exact) mass is 396 g/mol. The summed E-state index contributed by atoms with van der Waals surface area (Å²) in [7, 11) is 0. The summed E-state index contributed by atoms with van der Waals surface area (Å²) in [4.78, 5) is 19.8. The highest BCUT2D eigenvalue weighted by Gasteiger charge is 2.27. The van der Waals surface area contributed by atoms with Crippen LogP contribution in [0.3, 0.4) is 0 Å². The molecular weight excluding hydrogens is 368 g/mol. The van der Waals surface area contributed by atoms with Gasteiger partial charge in [-0.15, -0.1) is 0 Å². The van der Waals surface area contributed by atoms with Crippen molar-refractivity contribution in [2.45, 2.75) is 51.6 Å². The lowest BCUT2D eigenvalue weighted by Crippen LogP contribution is -2.26. The van der Waals surface area contributed by atoms with Crippen molar-refractivity contribution in [2.24, 2.45) is 0 Å². The number of nitrogen functional groups attached to an aromatic ring is 1. The van der Waals surface area contributed by atoms with E-state index in [4.69, 9.17) is 5.73 Å². The first kappa shape index (κ1) is 20.6. The number of carboxylic acid groups (broad SMARTS) is 1. The number of hydrogen-bond donors (Lipinski definition) is 4. The smallest absolute Gasteiger partial charge is 0.326 e. The van der Waals surface area contributed by atoms with Crippen molar-refractivity contribution < 1.29 is 9.90 Å². The number of nitrogens with one attached hydrogen (secondary N) is 1. The van der Waals surface area contributed by atoms with Crippen molar-refractivity contribution in [1.82, 2.24) is 20.7 Å². The van der Waals surface area contributed by atoms with E-state index in [1.165, 1.54) is 25.6 Å². The van der Waals surface area contributed by atoms with Gasteiger partial charge in [0.05, 0.1) is 5.39 Å². The third-order valence-corrected chi connectivity index (χ3v) is 5.02. The van der Waals surface area contributed by atoms with Gasteiger partial charge in [0.2, 0.25) is 0 Å². The number of fused-ring (bicyclic) bond motifs is 2. The molecule has 0 saturated heterocycles. The highest BCUT2D eigenvalue weighted by Crippen LogP contribution is 2.37. The van der Waals surface area contributed by atoms with Gasteiger partial charge in [0, 0.05) is 29.9 Å². The molecule has 3 heterocycles. The first-order valence-electron chi connectivity index (χ1n) is 9.69. The molecular formula is C21H28N6O2. The van der Waals surface area contributed by atoms with Crippen LogP contribution in [0.1, 0.15) is 44.7 Å². The third-order valence-electron chi connectivity index (χ3n) is 5.02. The lowest BCUT2D eigenvalue weighted by atomic mass is 10.0. The Morgan fingerprint density at radius 1 is 1.28 bits per heavy atom. The highest BCUT2D eigenvalue weighted by atomic mass is 16.4. The minimum atomic E-state index is -0.841. The molecule has 3 aromatic rings. The van der Waals surface area contributed by atoms with E-state index in [9.17, 15) is 9.90 Å². The molecule has 29 heavy (non-hydrogen) atoms. The fraction of sp³-hybridized carbons (Fsp3) is 0.381. The maximum atomic E-state index is 11.2. The van der Waals surface area contributed by atoms with Crippen LogP contribution in [0.4, 0.5) is 11.5 Å². The number of carbonyl (C=O) groups is 1. The van der Waals surface area contributed by atoms with Crippen molar-refractivity contribution in [3.05, 3.63) is 36.3 Å². The van der Waals surface area contributed by atoms with Crippen LogP contribution in [0.2, 0.25) is 0 Å². The van der Waals surface area contributed by atoms with Gasteiger partial charge in [0.25, 0.3) is 0 Å². The summed E-state index contributed by atoms with van der Waals surface area (Å²) in [5.74, 6) is -0.400. The number of carboxylic acids is 1. The average molecular weight is 396 g/mol. The van der Waals surface area contributed by atoms with Crippen LogP contribution < -0.4 is 17.2 Å². The molecule has 7 N–H and O–H groups in total. The molecule has 2 aliphatic rings. The molecule has 0 bridgehead atoms. The molecule has 8 heteroatoms. The third kappa shape index (κ3) is 4.02. The van der Waals surface area contributed by atoms with Gasteiger partial charge in [-0.25, -0.2) is 14.8 Å². The second kappa shape index (κ2) is 8.08. The van der Waals surface area contributed by atoms with Gasteiger partial charge in [-0.2, -0.15) is 0 Å². The maximum Gasteiger partial charge on any atom is 0.326 e.